The number of imidazole rings is 1. The van der Waals surface area contributed by atoms with Crippen LogP contribution in [0.3, 0.4) is 0 Å². The number of hydrogen-bond acceptors (Lipinski definition) is 5. The predicted octanol–water partition coefficient (Wildman–Crippen LogP) is 5.21. The molecule has 0 fully saturated rings. The number of nitrogens with one attached hydrogen (secondary N) is 1. The van der Waals surface area contributed by atoms with Crippen LogP contribution in [0.4, 0.5) is 0 Å². The maximum atomic E-state index is 12.9. The molecule has 7 heteroatoms. The van der Waals surface area contributed by atoms with E-state index in [1.807, 2.05) is 41.9 Å². The number of rotatable bonds is 4. The van der Waals surface area contributed by atoms with Crippen LogP contribution in [-0.4, -0.2) is 19.4 Å². The van der Waals surface area contributed by atoms with Gasteiger partial charge in [0, 0.05) is 16.6 Å². The van der Waals surface area contributed by atoms with E-state index in [0.717, 1.165) is 31.5 Å². The Hall–Kier alpha value is -2.90. The number of pyridine rings is 1. The lowest BCUT2D eigenvalue weighted by atomic mass is 10.0. The van der Waals surface area contributed by atoms with Gasteiger partial charge in [0.2, 0.25) is 0 Å². The predicted molar refractivity (Wildman–Crippen MR) is 120 cm³/mol. The van der Waals surface area contributed by atoms with E-state index in [4.69, 9.17) is 4.98 Å². The van der Waals surface area contributed by atoms with Gasteiger partial charge in [-0.15, -0.1) is 11.3 Å². The van der Waals surface area contributed by atoms with Crippen LogP contribution in [-0.2, 0) is 5.75 Å². The summed E-state index contributed by atoms with van der Waals surface area (Å²) in [6.07, 6.45) is 3.83. The molecule has 0 unspecified atom stereocenters. The molecule has 0 atom stereocenters. The lowest BCUT2D eigenvalue weighted by Crippen LogP contribution is -2.11. The van der Waals surface area contributed by atoms with Gasteiger partial charge in [0.1, 0.15) is 10.7 Å². The molecule has 0 bridgehead atoms. The van der Waals surface area contributed by atoms with Gasteiger partial charge >= 0.3 is 0 Å². The third-order valence-corrected chi connectivity index (χ3v) is 6.85. The summed E-state index contributed by atoms with van der Waals surface area (Å²) in [7, 11) is 0. The van der Waals surface area contributed by atoms with Crippen LogP contribution in [0.5, 0.6) is 0 Å². The first-order valence-corrected chi connectivity index (χ1v) is 11.0. The Kier molecular flexibility index (Phi) is 4.49. The lowest BCUT2D eigenvalue weighted by Gasteiger charge is -2.04. The fraction of sp³-hybridized carbons (Fsp3) is 0.136. The first-order chi connectivity index (χ1) is 14.1. The largest absolute Gasteiger partial charge is 0.309 e. The Labute approximate surface area is 175 Å². The van der Waals surface area contributed by atoms with Crippen molar-refractivity contribution in [1.29, 1.82) is 0 Å². The van der Waals surface area contributed by atoms with E-state index in [2.05, 4.69) is 41.2 Å². The Bertz CT molecular complexity index is 1400. The van der Waals surface area contributed by atoms with Crippen molar-refractivity contribution in [1.82, 2.24) is 19.4 Å². The molecular formula is C22H18N4OS2. The van der Waals surface area contributed by atoms with E-state index in [0.29, 0.717) is 17.0 Å². The van der Waals surface area contributed by atoms with Gasteiger partial charge in [-0.25, -0.2) is 9.97 Å². The average molecular weight is 419 g/mol. The number of thioether (sulfide) groups is 1. The van der Waals surface area contributed by atoms with Crippen molar-refractivity contribution in [2.45, 2.75) is 24.8 Å². The van der Waals surface area contributed by atoms with Crippen LogP contribution in [0.25, 0.3) is 26.9 Å². The highest BCUT2D eigenvalue weighted by Gasteiger charge is 2.17. The zero-order valence-corrected chi connectivity index (χ0v) is 17.6. The zero-order valence-electron chi connectivity index (χ0n) is 16.0. The van der Waals surface area contributed by atoms with Crippen molar-refractivity contribution in [3.05, 3.63) is 81.5 Å². The van der Waals surface area contributed by atoms with Gasteiger partial charge in [0.15, 0.2) is 5.16 Å². The van der Waals surface area contributed by atoms with Crippen molar-refractivity contribution in [2.75, 3.05) is 0 Å². The normalized spacial score (nSPS) is 11.5. The van der Waals surface area contributed by atoms with Crippen LogP contribution >= 0.6 is 23.1 Å². The van der Waals surface area contributed by atoms with Crippen LogP contribution in [0.2, 0.25) is 0 Å². The van der Waals surface area contributed by atoms with E-state index in [1.54, 1.807) is 23.1 Å². The lowest BCUT2D eigenvalue weighted by molar-refractivity contribution is 0.951. The highest BCUT2D eigenvalue weighted by atomic mass is 32.2. The molecule has 0 aliphatic rings. The number of benzene rings is 1. The summed E-state index contributed by atoms with van der Waals surface area (Å²) in [5.74, 6) is 1.22. The number of aromatic nitrogens is 4. The molecule has 1 N–H and O–H groups in total. The van der Waals surface area contributed by atoms with Crippen molar-refractivity contribution in [3.63, 3.8) is 0 Å². The fourth-order valence-corrected chi connectivity index (χ4v) is 5.36. The second-order valence-electron chi connectivity index (χ2n) is 6.92. The van der Waals surface area contributed by atoms with E-state index in [-0.39, 0.29) is 5.56 Å². The first-order valence-electron chi connectivity index (χ1n) is 9.24. The van der Waals surface area contributed by atoms with E-state index >= 15 is 0 Å². The number of aromatic amines is 1. The van der Waals surface area contributed by atoms with E-state index < -0.39 is 0 Å². The molecular weight excluding hydrogens is 400 g/mol. The van der Waals surface area contributed by atoms with Gasteiger partial charge in [0.25, 0.3) is 5.56 Å². The van der Waals surface area contributed by atoms with E-state index in [9.17, 15) is 4.79 Å². The molecule has 4 heterocycles. The van der Waals surface area contributed by atoms with Gasteiger partial charge in [-0.3, -0.25) is 9.20 Å². The Morgan fingerprint density at radius 3 is 2.79 bits per heavy atom. The van der Waals surface area contributed by atoms with Gasteiger partial charge < -0.3 is 4.98 Å². The molecule has 5 rings (SSSR count). The van der Waals surface area contributed by atoms with Crippen molar-refractivity contribution < 1.29 is 0 Å². The molecule has 5 aromatic rings. The summed E-state index contributed by atoms with van der Waals surface area (Å²) >= 11 is 3.13. The molecule has 29 heavy (non-hydrogen) atoms. The molecule has 0 radical (unpaired) electrons. The Morgan fingerprint density at radius 1 is 1.14 bits per heavy atom. The first kappa shape index (κ1) is 18.1. The molecule has 0 spiro atoms. The minimum absolute atomic E-state index is 0.0847. The SMILES string of the molecule is Cc1ccc(-c2c(C)sc3nc(CSc4ncc5ccccn45)[nH]c(=O)c23)cc1. The summed E-state index contributed by atoms with van der Waals surface area (Å²) in [6, 6.07) is 14.3. The summed E-state index contributed by atoms with van der Waals surface area (Å²) in [6.45, 7) is 4.11. The minimum Gasteiger partial charge on any atom is -0.309 e. The molecule has 0 saturated carbocycles. The Balaban J connectivity index is 1.50. The van der Waals surface area contributed by atoms with Gasteiger partial charge in [-0.1, -0.05) is 47.7 Å². The third kappa shape index (κ3) is 3.26. The highest BCUT2D eigenvalue weighted by molar-refractivity contribution is 7.98. The van der Waals surface area contributed by atoms with Crippen molar-refractivity contribution in [2.24, 2.45) is 0 Å². The zero-order chi connectivity index (χ0) is 20.0. The molecule has 0 aliphatic heterocycles. The van der Waals surface area contributed by atoms with E-state index in [1.165, 1.54) is 5.56 Å². The summed E-state index contributed by atoms with van der Waals surface area (Å²) in [5, 5.41) is 1.56. The standard InChI is InChI=1S/C22H18N4OS2/c1-13-6-8-15(9-7-13)18-14(2)29-21-19(18)20(27)24-17(25-21)12-28-22-23-11-16-5-3-4-10-26(16)22/h3-11H,12H2,1-2H3,(H,24,25,27). The third-order valence-electron chi connectivity index (χ3n) is 4.87. The maximum Gasteiger partial charge on any atom is 0.260 e. The minimum atomic E-state index is -0.0847. The summed E-state index contributed by atoms with van der Waals surface area (Å²) < 4.78 is 2.03. The molecule has 5 nitrogen and oxygen atoms in total. The number of aryl methyl sites for hydroxylation is 2. The molecule has 1 aromatic carbocycles. The highest BCUT2D eigenvalue weighted by Crippen LogP contribution is 2.35. The second kappa shape index (κ2) is 7.17. The number of hydrogen-bond donors (Lipinski definition) is 1. The monoisotopic (exact) mass is 418 g/mol. The number of H-pyrrole nitrogens is 1. The molecule has 144 valence electrons. The molecule has 0 aliphatic carbocycles. The number of fused-ring (bicyclic) bond motifs is 2. The summed E-state index contributed by atoms with van der Waals surface area (Å²) in [4.78, 5) is 27.0. The quantitative estimate of drug-likeness (QED) is 0.407. The fourth-order valence-electron chi connectivity index (χ4n) is 3.46. The molecule has 4 aromatic heterocycles. The van der Waals surface area contributed by atoms with Gasteiger partial charge in [0.05, 0.1) is 22.9 Å². The topological polar surface area (TPSA) is 63.1 Å². The number of nitrogens with zero attached hydrogens (tertiary/aromatic N) is 3. The van der Waals surface area contributed by atoms with Crippen LogP contribution < -0.4 is 5.56 Å². The summed E-state index contributed by atoms with van der Waals surface area (Å²) in [5.41, 5.74) is 4.20. The molecule has 0 amide bonds. The second-order valence-corrected chi connectivity index (χ2v) is 9.06. The number of thiophene rings is 1. The van der Waals surface area contributed by atoms with Crippen LogP contribution in [0, 0.1) is 13.8 Å². The Morgan fingerprint density at radius 2 is 1.97 bits per heavy atom. The smallest absolute Gasteiger partial charge is 0.260 e. The maximum absolute atomic E-state index is 12.9. The average Bonchev–Trinajstić information content (AvgIpc) is 3.28. The van der Waals surface area contributed by atoms with Crippen LogP contribution in [0.15, 0.2) is 64.8 Å². The van der Waals surface area contributed by atoms with Gasteiger partial charge in [-0.05, 0) is 31.5 Å². The van der Waals surface area contributed by atoms with Crippen molar-refractivity contribution >= 4 is 38.8 Å². The van der Waals surface area contributed by atoms with Crippen molar-refractivity contribution in [3.8, 4) is 11.1 Å². The van der Waals surface area contributed by atoms with Gasteiger partial charge in [-0.2, -0.15) is 0 Å². The van der Waals surface area contributed by atoms with Crippen LogP contribution in [0.1, 0.15) is 16.3 Å². The molecule has 0 saturated heterocycles.